The summed E-state index contributed by atoms with van der Waals surface area (Å²) in [5, 5.41) is 2.76. The molecule has 6 nitrogen and oxygen atoms in total. The summed E-state index contributed by atoms with van der Waals surface area (Å²) in [6.07, 6.45) is 0. The second-order valence-electron chi connectivity index (χ2n) is 5.80. The number of hydrogen-bond acceptors (Lipinski definition) is 5. The van der Waals surface area contributed by atoms with E-state index in [-0.39, 0.29) is 18.3 Å². The first-order chi connectivity index (χ1) is 13.6. The van der Waals surface area contributed by atoms with Crippen molar-refractivity contribution in [1.29, 1.82) is 0 Å². The Kier molecular flexibility index (Phi) is 6.97. The fraction of sp³-hybridized carbons (Fsp3) is 0.190. The van der Waals surface area contributed by atoms with E-state index >= 15 is 0 Å². The van der Waals surface area contributed by atoms with E-state index in [1.54, 1.807) is 25.3 Å². The van der Waals surface area contributed by atoms with Gasteiger partial charge in [-0.2, -0.15) is 0 Å². The van der Waals surface area contributed by atoms with E-state index in [1.807, 2.05) is 42.5 Å². The minimum Gasteiger partial charge on any atom is -0.497 e. The van der Waals surface area contributed by atoms with Crippen LogP contribution in [-0.2, 0) is 6.61 Å². The predicted octanol–water partition coefficient (Wildman–Crippen LogP) is 4.44. The van der Waals surface area contributed by atoms with E-state index in [4.69, 9.17) is 18.6 Å². The van der Waals surface area contributed by atoms with Crippen LogP contribution in [0.15, 0.2) is 69.6 Å². The molecule has 0 fully saturated rings. The Morgan fingerprint density at radius 2 is 1.75 bits per heavy atom. The van der Waals surface area contributed by atoms with Crippen molar-refractivity contribution in [2.24, 2.45) is 0 Å². The van der Waals surface area contributed by atoms with E-state index in [1.165, 1.54) is 0 Å². The number of ether oxygens (including phenoxy) is 3. The fourth-order valence-corrected chi connectivity index (χ4v) is 2.78. The largest absolute Gasteiger partial charge is 0.497 e. The van der Waals surface area contributed by atoms with Crippen LogP contribution in [-0.4, -0.2) is 26.2 Å². The van der Waals surface area contributed by atoms with Gasteiger partial charge in [-0.3, -0.25) is 4.79 Å². The van der Waals surface area contributed by atoms with E-state index in [0.717, 1.165) is 10.2 Å². The van der Waals surface area contributed by atoms with Gasteiger partial charge < -0.3 is 23.9 Å². The zero-order valence-electron chi connectivity index (χ0n) is 15.3. The van der Waals surface area contributed by atoms with E-state index in [0.29, 0.717) is 30.4 Å². The first kappa shape index (κ1) is 19.8. The van der Waals surface area contributed by atoms with Crippen LogP contribution in [0.5, 0.6) is 17.2 Å². The number of methoxy groups -OCH3 is 1. The van der Waals surface area contributed by atoms with Crippen LogP contribution >= 0.6 is 15.9 Å². The molecule has 0 unspecified atom stereocenters. The Bertz CT molecular complexity index is 924. The number of benzene rings is 2. The van der Waals surface area contributed by atoms with Crippen LogP contribution in [0.1, 0.15) is 16.3 Å². The highest BCUT2D eigenvalue weighted by Gasteiger charge is 2.11. The Morgan fingerprint density at radius 3 is 2.54 bits per heavy atom. The second kappa shape index (κ2) is 9.85. The third-order valence-electron chi connectivity index (χ3n) is 3.76. The Hall–Kier alpha value is -2.93. The zero-order valence-corrected chi connectivity index (χ0v) is 16.9. The van der Waals surface area contributed by atoms with Gasteiger partial charge in [0.15, 0.2) is 5.76 Å². The van der Waals surface area contributed by atoms with Gasteiger partial charge >= 0.3 is 0 Å². The number of furan rings is 1. The number of carbonyl (C=O) groups excluding carboxylic acids is 1. The second-order valence-corrected chi connectivity index (χ2v) is 6.71. The molecule has 0 aliphatic heterocycles. The molecular weight excluding hydrogens is 426 g/mol. The van der Waals surface area contributed by atoms with Gasteiger partial charge in [0.05, 0.1) is 13.7 Å². The molecular formula is C21H20BrNO5. The SMILES string of the molecule is COc1cccc(OCCNC(=O)c2ccc(COc3cccc(Br)c3)o2)c1. The standard InChI is InChI=1S/C21H20BrNO5/c1-25-16-5-3-7-18(13-16)26-11-10-23-21(24)20-9-8-19(28-20)14-27-17-6-2-4-15(22)12-17/h2-9,12-13H,10-11,14H2,1H3,(H,23,24). The number of carbonyl (C=O) groups is 1. The van der Waals surface area contributed by atoms with Crippen LogP contribution in [0.3, 0.4) is 0 Å². The molecule has 1 N–H and O–H groups in total. The van der Waals surface area contributed by atoms with Crippen molar-refractivity contribution in [1.82, 2.24) is 5.32 Å². The number of rotatable bonds is 9. The molecule has 1 aromatic heterocycles. The smallest absolute Gasteiger partial charge is 0.287 e. The molecule has 7 heteroatoms. The van der Waals surface area contributed by atoms with Crippen LogP contribution in [0, 0.1) is 0 Å². The Balaban J connectivity index is 1.42. The summed E-state index contributed by atoms with van der Waals surface area (Å²) >= 11 is 3.39. The highest BCUT2D eigenvalue weighted by Crippen LogP contribution is 2.20. The lowest BCUT2D eigenvalue weighted by molar-refractivity contribution is 0.0915. The van der Waals surface area contributed by atoms with E-state index in [9.17, 15) is 4.79 Å². The zero-order chi connectivity index (χ0) is 19.8. The van der Waals surface area contributed by atoms with Gasteiger partial charge in [-0.1, -0.05) is 28.1 Å². The van der Waals surface area contributed by atoms with Crippen LogP contribution in [0.25, 0.3) is 0 Å². The highest BCUT2D eigenvalue weighted by molar-refractivity contribution is 9.10. The average molecular weight is 446 g/mol. The molecule has 0 radical (unpaired) electrons. The van der Waals surface area contributed by atoms with Crippen LogP contribution in [0.4, 0.5) is 0 Å². The Morgan fingerprint density at radius 1 is 1.00 bits per heavy atom. The lowest BCUT2D eigenvalue weighted by Gasteiger charge is -2.08. The monoisotopic (exact) mass is 445 g/mol. The Labute approximate surface area is 171 Å². The third-order valence-corrected chi connectivity index (χ3v) is 4.25. The van der Waals surface area contributed by atoms with Crippen molar-refractivity contribution in [3.63, 3.8) is 0 Å². The molecule has 0 saturated heterocycles. The van der Waals surface area contributed by atoms with Gasteiger partial charge in [-0.05, 0) is 42.5 Å². The molecule has 3 rings (SSSR count). The number of halogens is 1. The van der Waals surface area contributed by atoms with Crippen molar-refractivity contribution in [2.45, 2.75) is 6.61 Å². The van der Waals surface area contributed by atoms with Gasteiger partial charge in [0.2, 0.25) is 0 Å². The quantitative estimate of drug-likeness (QED) is 0.493. The molecule has 3 aromatic rings. The van der Waals surface area contributed by atoms with Crippen LogP contribution < -0.4 is 19.5 Å². The molecule has 0 aliphatic rings. The molecule has 28 heavy (non-hydrogen) atoms. The number of amides is 1. The lowest BCUT2D eigenvalue weighted by Crippen LogP contribution is -2.27. The first-order valence-electron chi connectivity index (χ1n) is 8.66. The highest BCUT2D eigenvalue weighted by atomic mass is 79.9. The summed E-state index contributed by atoms with van der Waals surface area (Å²) in [5.74, 6) is 2.61. The summed E-state index contributed by atoms with van der Waals surface area (Å²) in [5.41, 5.74) is 0. The minimum absolute atomic E-state index is 0.231. The molecule has 1 amide bonds. The lowest BCUT2D eigenvalue weighted by atomic mass is 10.3. The minimum atomic E-state index is -0.303. The summed E-state index contributed by atoms with van der Waals surface area (Å²) in [7, 11) is 1.60. The molecule has 0 atom stereocenters. The number of hydrogen-bond donors (Lipinski definition) is 1. The predicted molar refractivity (Wildman–Crippen MR) is 108 cm³/mol. The van der Waals surface area contributed by atoms with E-state index in [2.05, 4.69) is 21.2 Å². The normalized spacial score (nSPS) is 10.4. The van der Waals surface area contributed by atoms with E-state index < -0.39 is 0 Å². The summed E-state index contributed by atoms with van der Waals surface area (Å²) in [6, 6.07) is 18.1. The first-order valence-corrected chi connectivity index (χ1v) is 9.45. The summed E-state index contributed by atoms with van der Waals surface area (Å²) < 4.78 is 22.8. The van der Waals surface area contributed by atoms with Gasteiger partial charge in [-0.25, -0.2) is 0 Å². The molecule has 146 valence electrons. The molecule has 2 aromatic carbocycles. The van der Waals surface area contributed by atoms with Crippen LogP contribution in [0.2, 0.25) is 0 Å². The molecule has 1 heterocycles. The fourth-order valence-electron chi connectivity index (χ4n) is 2.40. The maximum Gasteiger partial charge on any atom is 0.287 e. The maximum absolute atomic E-state index is 12.2. The van der Waals surface area contributed by atoms with Crippen molar-refractivity contribution in [2.75, 3.05) is 20.3 Å². The van der Waals surface area contributed by atoms with Gasteiger partial charge in [0, 0.05) is 10.5 Å². The summed E-state index contributed by atoms with van der Waals surface area (Å²) in [4.78, 5) is 12.2. The molecule has 0 bridgehead atoms. The van der Waals surface area contributed by atoms with Gasteiger partial charge in [-0.15, -0.1) is 0 Å². The van der Waals surface area contributed by atoms with Crippen molar-refractivity contribution < 1.29 is 23.4 Å². The van der Waals surface area contributed by atoms with Crippen molar-refractivity contribution in [3.8, 4) is 17.2 Å². The maximum atomic E-state index is 12.2. The third kappa shape index (κ3) is 5.79. The number of nitrogens with one attached hydrogen (secondary N) is 1. The van der Waals surface area contributed by atoms with Crippen molar-refractivity contribution in [3.05, 3.63) is 76.7 Å². The molecule has 0 saturated carbocycles. The van der Waals surface area contributed by atoms with Gasteiger partial charge in [0.25, 0.3) is 5.91 Å². The molecule has 0 aliphatic carbocycles. The van der Waals surface area contributed by atoms with Crippen molar-refractivity contribution >= 4 is 21.8 Å². The molecule has 0 spiro atoms. The topological polar surface area (TPSA) is 69.9 Å². The van der Waals surface area contributed by atoms with Gasteiger partial charge in [0.1, 0.15) is 36.2 Å². The average Bonchev–Trinajstić information content (AvgIpc) is 3.19. The summed E-state index contributed by atoms with van der Waals surface area (Å²) in [6.45, 7) is 0.918.